The quantitative estimate of drug-likeness (QED) is 0.577. The molecule has 0 saturated carbocycles. The molecule has 7 nitrogen and oxygen atoms in total. The summed E-state index contributed by atoms with van der Waals surface area (Å²) in [5.41, 5.74) is -1.07. The molecule has 4 rings (SSSR count). The lowest BCUT2D eigenvalue weighted by molar-refractivity contribution is -0.852. The molecule has 0 aromatic heterocycles. The van der Waals surface area contributed by atoms with E-state index < -0.39 is 35.8 Å². The summed E-state index contributed by atoms with van der Waals surface area (Å²) < 4.78 is 43.6. The van der Waals surface area contributed by atoms with Crippen molar-refractivity contribution >= 4 is 23.4 Å². The van der Waals surface area contributed by atoms with Crippen LogP contribution in [0.5, 0.6) is 0 Å². The molecular weight excluding hydrogens is 367 g/mol. The second-order valence-electron chi connectivity index (χ2n) is 7.04. The largest absolute Gasteiger partial charge is 0.433 e. The molecule has 3 saturated heterocycles. The van der Waals surface area contributed by atoms with E-state index in [2.05, 4.69) is 0 Å². The number of urea groups is 1. The number of hydrogen-bond donors (Lipinski definition) is 0. The highest BCUT2D eigenvalue weighted by Gasteiger charge is 2.73. The van der Waals surface area contributed by atoms with Gasteiger partial charge in [-0.1, -0.05) is 6.07 Å². The molecule has 0 N–H and O–H groups in total. The van der Waals surface area contributed by atoms with E-state index in [1.165, 1.54) is 13.2 Å². The Bertz CT molecular complexity index is 843. The molecule has 0 radical (unpaired) electrons. The fraction of sp³-hybridized carbons (Fsp3) is 0.471. The van der Waals surface area contributed by atoms with Crippen molar-refractivity contribution in [2.24, 2.45) is 0 Å². The lowest BCUT2D eigenvalue weighted by Gasteiger charge is -2.32. The molecular formula is C17H17F3N3O4+. The number of Topliss-reactive ketones (excluding diaryl/α,β-unsaturated/α-hetero) is 1. The van der Waals surface area contributed by atoms with E-state index in [4.69, 9.17) is 4.74 Å². The molecule has 4 atom stereocenters. The maximum Gasteiger partial charge on any atom is 0.433 e. The number of ether oxygens (including phenoxy) is 1. The number of carbonyl (C=O) groups excluding carboxylic acids is 3. The van der Waals surface area contributed by atoms with Gasteiger partial charge in [0.05, 0.1) is 24.3 Å². The smallest absolute Gasteiger partial charge is 0.377 e. The molecule has 3 amide bonds. The molecule has 3 aliphatic heterocycles. The Morgan fingerprint density at radius 2 is 2.04 bits per heavy atom. The zero-order chi connectivity index (χ0) is 19.6. The van der Waals surface area contributed by atoms with Gasteiger partial charge in [0.15, 0.2) is 12.1 Å². The summed E-state index contributed by atoms with van der Waals surface area (Å²) in [6.45, 7) is 0.645. The SMILES string of the molecule is COCC(=O)C1C[N@@]2CC3C(=O)N(c4cccc(C(F)(F)F)c4)C(=O)[N+]13C2. The molecule has 144 valence electrons. The highest BCUT2D eigenvalue weighted by molar-refractivity contribution is 6.18. The molecule has 3 fully saturated rings. The normalized spacial score (nSPS) is 32.3. The van der Waals surface area contributed by atoms with Gasteiger partial charge in [0.25, 0.3) is 5.91 Å². The molecule has 27 heavy (non-hydrogen) atoms. The van der Waals surface area contributed by atoms with E-state index in [1.807, 2.05) is 4.90 Å². The van der Waals surface area contributed by atoms with Crippen LogP contribution in [0.3, 0.4) is 0 Å². The lowest BCUT2D eigenvalue weighted by Crippen LogP contribution is -2.62. The number of fused-ring (bicyclic) bond motifs is 1. The summed E-state index contributed by atoms with van der Waals surface area (Å²) >= 11 is 0. The van der Waals surface area contributed by atoms with E-state index >= 15 is 0 Å². The topological polar surface area (TPSA) is 66.9 Å². The fourth-order valence-electron chi connectivity index (χ4n) is 4.40. The minimum Gasteiger partial charge on any atom is -0.377 e. The number of rotatable bonds is 4. The maximum absolute atomic E-state index is 13.2. The van der Waals surface area contributed by atoms with Crippen LogP contribution in [0.4, 0.5) is 23.7 Å². The number of piperazine rings is 1. The summed E-state index contributed by atoms with van der Waals surface area (Å²) in [4.78, 5) is 41.3. The average Bonchev–Trinajstić information content (AvgIpc) is 3.24. The second-order valence-corrected chi connectivity index (χ2v) is 7.04. The van der Waals surface area contributed by atoms with Crippen molar-refractivity contribution in [1.29, 1.82) is 0 Å². The molecule has 1 spiro atoms. The van der Waals surface area contributed by atoms with Gasteiger partial charge in [0.1, 0.15) is 13.3 Å². The number of ketones is 1. The van der Waals surface area contributed by atoms with Crippen LogP contribution in [0.1, 0.15) is 5.56 Å². The monoisotopic (exact) mass is 384 g/mol. The maximum atomic E-state index is 13.2. The Hall–Kier alpha value is -2.30. The number of benzene rings is 1. The molecule has 3 heterocycles. The molecule has 0 aliphatic carbocycles. The van der Waals surface area contributed by atoms with Crippen LogP contribution in [-0.4, -0.2) is 72.7 Å². The van der Waals surface area contributed by atoms with Crippen molar-refractivity contribution in [3.05, 3.63) is 29.8 Å². The number of quaternary nitrogens is 1. The number of alkyl halides is 3. The number of hydrogen-bond acceptors (Lipinski definition) is 5. The standard InChI is InChI=1S/C17H17F3N3O4/c1-27-8-14(24)12-6-21-7-13-15(25)22(16(26)23(12,13)9-21)11-4-2-3-10(5-11)17(18,19)20/h2-5,12-13H,6-9H2,1H3/q+1. The van der Waals surface area contributed by atoms with Gasteiger partial charge in [-0.3, -0.25) is 9.59 Å². The predicted molar refractivity (Wildman–Crippen MR) is 85.5 cm³/mol. The van der Waals surface area contributed by atoms with E-state index in [0.717, 1.165) is 23.1 Å². The van der Waals surface area contributed by atoms with Gasteiger partial charge in [-0.25, -0.2) is 14.2 Å². The summed E-state index contributed by atoms with van der Waals surface area (Å²) in [6, 6.07) is 1.93. The number of amides is 3. The Labute approximate surface area is 152 Å². The summed E-state index contributed by atoms with van der Waals surface area (Å²) in [5, 5.41) is 0. The van der Waals surface area contributed by atoms with Crippen molar-refractivity contribution in [2.75, 3.05) is 38.4 Å². The van der Waals surface area contributed by atoms with Crippen molar-refractivity contribution in [3.8, 4) is 0 Å². The summed E-state index contributed by atoms with van der Waals surface area (Å²) in [5.74, 6) is -0.867. The van der Waals surface area contributed by atoms with Crippen molar-refractivity contribution in [3.63, 3.8) is 0 Å². The number of methoxy groups -OCH3 is 1. The first kappa shape index (κ1) is 18.1. The predicted octanol–water partition coefficient (Wildman–Crippen LogP) is 1.23. The third-order valence-corrected chi connectivity index (χ3v) is 5.55. The Kier molecular flexibility index (Phi) is 3.92. The molecule has 2 bridgehead atoms. The zero-order valence-electron chi connectivity index (χ0n) is 14.4. The first-order valence-corrected chi connectivity index (χ1v) is 8.37. The van der Waals surface area contributed by atoms with Crippen LogP contribution in [0.25, 0.3) is 0 Å². The fourth-order valence-corrected chi connectivity index (χ4v) is 4.40. The Morgan fingerprint density at radius 1 is 1.30 bits per heavy atom. The van der Waals surface area contributed by atoms with Gasteiger partial charge in [-0.15, -0.1) is 0 Å². The van der Waals surface area contributed by atoms with Gasteiger partial charge in [0.2, 0.25) is 5.78 Å². The van der Waals surface area contributed by atoms with Crippen LogP contribution in [-0.2, 0) is 20.5 Å². The zero-order valence-corrected chi connectivity index (χ0v) is 14.4. The summed E-state index contributed by atoms with van der Waals surface area (Å²) in [7, 11) is 1.37. The molecule has 10 heteroatoms. The Morgan fingerprint density at radius 3 is 2.70 bits per heavy atom. The summed E-state index contributed by atoms with van der Waals surface area (Å²) in [6.07, 6.45) is -4.59. The van der Waals surface area contributed by atoms with Gasteiger partial charge >= 0.3 is 12.2 Å². The third-order valence-electron chi connectivity index (χ3n) is 5.55. The minimum atomic E-state index is -4.59. The van der Waals surface area contributed by atoms with Crippen molar-refractivity contribution < 1.29 is 36.8 Å². The van der Waals surface area contributed by atoms with E-state index in [-0.39, 0.29) is 29.2 Å². The van der Waals surface area contributed by atoms with Crippen LogP contribution >= 0.6 is 0 Å². The molecule has 3 unspecified atom stereocenters. The third kappa shape index (κ3) is 2.43. The van der Waals surface area contributed by atoms with Gasteiger partial charge < -0.3 is 4.74 Å². The number of halogens is 3. The van der Waals surface area contributed by atoms with E-state index in [1.54, 1.807) is 0 Å². The van der Waals surface area contributed by atoms with Crippen LogP contribution < -0.4 is 4.90 Å². The van der Waals surface area contributed by atoms with E-state index in [9.17, 15) is 27.6 Å². The minimum absolute atomic E-state index is 0.127. The lowest BCUT2D eigenvalue weighted by atomic mass is 10.1. The van der Waals surface area contributed by atoms with Gasteiger partial charge in [-0.05, 0) is 18.2 Å². The van der Waals surface area contributed by atoms with Crippen LogP contribution in [0.2, 0.25) is 0 Å². The average molecular weight is 384 g/mol. The number of carbonyl (C=O) groups is 3. The Balaban J connectivity index is 1.74. The first-order chi connectivity index (χ1) is 12.7. The second kappa shape index (κ2) is 5.85. The van der Waals surface area contributed by atoms with E-state index in [0.29, 0.717) is 13.1 Å². The highest BCUT2D eigenvalue weighted by Crippen LogP contribution is 2.44. The highest BCUT2D eigenvalue weighted by atomic mass is 19.4. The van der Waals surface area contributed by atoms with Crippen LogP contribution in [0.15, 0.2) is 24.3 Å². The molecule has 1 aromatic carbocycles. The van der Waals surface area contributed by atoms with Crippen molar-refractivity contribution in [2.45, 2.75) is 18.3 Å². The van der Waals surface area contributed by atoms with Crippen LogP contribution in [0, 0.1) is 0 Å². The van der Waals surface area contributed by atoms with Gasteiger partial charge in [0, 0.05) is 7.11 Å². The number of imide groups is 1. The number of anilines is 1. The van der Waals surface area contributed by atoms with Gasteiger partial charge in [-0.2, -0.15) is 18.1 Å². The van der Waals surface area contributed by atoms with Crippen molar-refractivity contribution in [1.82, 2.24) is 4.90 Å². The number of nitrogens with zero attached hydrogens (tertiary/aromatic N) is 3. The molecule has 3 aliphatic rings. The first-order valence-electron chi connectivity index (χ1n) is 8.37. The molecule has 1 aromatic rings.